The highest BCUT2D eigenvalue weighted by molar-refractivity contribution is 5.84. The van der Waals surface area contributed by atoms with Gasteiger partial charge in [-0.2, -0.15) is 0 Å². The molecule has 0 aromatic heterocycles. The largest absolute Gasteiger partial charge is 0.468 e. The van der Waals surface area contributed by atoms with Gasteiger partial charge in [-0.05, 0) is 12.8 Å². The van der Waals surface area contributed by atoms with E-state index in [9.17, 15) is 14.4 Å². The van der Waals surface area contributed by atoms with Gasteiger partial charge in [-0.25, -0.2) is 4.79 Å². The highest BCUT2D eigenvalue weighted by atomic mass is 16.5. The third kappa shape index (κ3) is 4.11. The molecule has 1 fully saturated rings. The van der Waals surface area contributed by atoms with Gasteiger partial charge in [-0.15, -0.1) is 0 Å². The lowest BCUT2D eigenvalue weighted by atomic mass is 9.97. The Morgan fingerprint density at radius 3 is 2.45 bits per heavy atom. The molecule has 0 spiro atoms. The van der Waals surface area contributed by atoms with Crippen molar-refractivity contribution in [3.8, 4) is 0 Å². The summed E-state index contributed by atoms with van der Waals surface area (Å²) in [6.07, 6.45) is 1.53. The Morgan fingerprint density at radius 2 is 1.90 bits per heavy atom. The van der Waals surface area contributed by atoms with Gasteiger partial charge in [-0.1, -0.05) is 0 Å². The molecule has 0 saturated carbocycles. The maximum Gasteiger partial charge on any atom is 0.325 e. The number of carbonyl (C=O) groups is 3. The van der Waals surface area contributed by atoms with Gasteiger partial charge < -0.3 is 19.4 Å². The predicted octanol–water partition coefficient (Wildman–Crippen LogP) is 0.0114. The highest BCUT2D eigenvalue weighted by Gasteiger charge is 2.31. The first kappa shape index (κ1) is 16.3. The van der Waals surface area contributed by atoms with E-state index in [2.05, 4.69) is 4.74 Å². The first-order chi connectivity index (χ1) is 9.36. The van der Waals surface area contributed by atoms with Gasteiger partial charge in [0.05, 0.1) is 13.0 Å². The van der Waals surface area contributed by atoms with E-state index in [1.807, 2.05) is 0 Å². The Labute approximate surface area is 119 Å². The molecule has 1 unspecified atom stereocenters. The number of hydrogen-bond acceptors (Lipinski definition) is 4. The fourth-order valence-corrected chi connectivity index (χ4v) is 2.28. The van der Waals surface area contributed by atoms with Crippen molar-refractivity contribution in [3.05, 3.63) is 0 Å². The number of nitrogens with zero attached hydrogens (tertiary/aromatic N) is 3. The van der Waals surface area contributed by atoms with E-state index >= 15 is 0 Å². The van der Waals surface area contributed by atoms with Gasteiger partial charge in [0.25, 0.3) is 0 Å². The molecule has 114 valence electrons. The van der Waals surface area contributed by atoms with E-state index in [1.165, 1.54) is 16.9 Å². The van der Waals surface area contributed by atoms with Crippen LogP contribution >= 0.6 is 0 Å². The van der Waals surface area contributed by atoms with Crippen molar-refractivity contribution in [2.75, 3.05) is 47.9 Å². The summed E-state index contributed by atoms with van der Waals surface area (Å²) < 4.78 is 4.55. The molecule has 1 heterocycles. The second-order valence-corrected chi connectivity index (χ2v) is 5.23. The molecule has 20 heavy (non-hydrogen) atoms. The monoisotopic (exact) mass is 285 g/mol. The van der Waals surface area contributed by atoms with Gasteiger partial charge in [0, 0.05) is 34.2 Å². The number of piperidine rings is 1. The quantitative estimate of drug-likeness (QED) is 0.685. The number of methoxy groups -OCH3 is 1. The van der Waals surface area contributed by atoms with Gasteiger partial charge in [0.2, 0.25) is 5.91 Å². The van der Waals surface area contributed by atoms with E-state index in [4.69, 9.17) is 0 Å². The van der Waals surface area contributed by atoms with Crippen LogP contribution in [0.25, 0.3) is 0 Å². The predicted molar refractivity (Wildman–Crippen MR) is 73.0 cm³/mol. The first-order valence-corrected chi connectivity index (χ1v) is 6.64. The Balaban J connectivity index is 2.60. The number of hydrogen-bond donors (Lipinski definition) is 0. The summed E-state index contributed by atoms with van der Waals surface area (Å²) in [6.45, 7) is 1.01. The normalized spacial score (nSPS) is 18.4. The average Bonchev–Trinajstić information content (AvgIpc) is 2.45. The van der Waals surface area contributed by atoms with Crippen molar-refractivity contribution in [1.29, 1.82) is 0 Å². The van der Waals surface area contributed by atoms with Gasteiger partial charge >= 0.3 is 12.0 Å². The number of likely N-dealkylation sites (N-methyl/N-ethyl adjacent to an activating group) is 1. The van der Waals surface area contributed by atoms with Crippen LogP contribution in [0.2, 0.25) is 0 Å². The van der Waals surface area contributed by atoms with Gasteiger partial charge in [0.1, 0.15) is 6.54 Å². The van der Waals surface area contributed by atoms with Crippen molar-refractivity contribution < 1.29 is 19.1 Å². The minimum Gasteiger partial charge on any atom is -0.468 e. The molecule has 0 radical (unpaired) electrons. The van der Waals surface area contributed by atoms with Crippen LogP contribution in [0, 0.1) is 5.92 Å². The van der Waals surface area contributed by atoms with Crippen LogP contribution in [0.5, 0.6) is 0 Å². The molecule has 0 aromatic rings. The van der Waals surface area contributed by atoms with Crippen molar-refractivity contribution in [3.63, 3.8) is 0 Å². The maximum atomic E-state index is 12.3. The standard InChI is InChI=1S/C13H23N3O4/c1-14(2)13(19)16-7-5-6-10(8-16)12(18)15(3)9-11(17)20-4/h10H,5-9H2,1-4H3. The Morgan fingerprint density at radius 1 is 1.25 bits per heavy atom. The molecule has 1 atom stereocenters. The second-order valence-electron chi connectivity index (χ2n) is 5.23. The van der Waals surface area contributed by atoms with Crippen molar-refractivity contribution in [2.24, 2.45) is 5.92 Å². The summed E-state index contributed by atoms with van der Waals surface area (Å²) >= 11 is 0. The van der Waals surface area contributed by atoms with Crippen LogP contribution in [0.3, 0.4) is 0 Å². The van der Waals surface area contributed by atoms with Crippen LogP contribution in [0.1, 0.15) is 12.8 Å². The molecule has 0 aromatic carbocycles. The summed E-state index contributed by atoms with van der Waals surface area (Å²) in [6, 6.07) is -0.0851. The molecule has 7 nitrogen and oxygen atoms in total. The summed E-state index contributed by atoms with van der Waals surface area (Å²) in [5.74, 6) is -0.813. The molecule has 1 aliphatic heterocycles. The van der Waals surface area contributed by atoms with Crippen molar-refractivity contribution in [2.45, 2.75) is 12.8 Å². The molecular weight excluding hydrogens is 262 g/mol. The summed E-state index contributed by atoms with van der Waals surface area (Å²) in [7, 11) is 6.25. The molecular formula is C13H23N3O4. The van der Waals surface area contributed by atoms with Crippen LogP contribution in [-0.4, -0.2) is 80.5 Å². The first-order valence-electron chi connectivity index (χ1n) is 6.64. The lowest BCUT2D eigenvalue weighted by Gasteiger charge is -2.35. The fourth-order valence-electron chi connectivity index (χ4n) is 2.28. The zero-order valence-electron chi connectivity index (χ0n) is 12.6. The summed E-state index contributed by atoms with van der Waals surface area (Å²) in [5.41, 5.74) is 0. The minimum atomic E-state index is -0.446. The van der Waals surface area contributed by atoms with E-state index < -0.39 is 5.97 Å². The van der Waals surface area contributed by atoms with Crippen LogP contribution < -0.4 is 0 Å². The molecule has 7 heteroatoms. The number of ether oxygens (including phenoxy) is 1. The third-order valence-electron chi connectivity index (χ3n) is 3.39. The minimum absolute atomic E-state index is 0.0620. The smallest absolute Gasteiger partial charge is 0.325 e. The van der Waals surface area contributed by atoms with Crippen molar-refractivity contribution >= 4 is 17.9 Å². The summed E-state index contributed by atoms with van der Waals surface area (Å²) in [5, 5.41) is 0. The molecule has 0 aliphatic carbocycles. The zero-order chi connectivity index (χ0) is 15.3. The van der Waals surface area contributed by atoms with E-state index in [-0.39, 0.29) is 24.4 Å². The highest BCUT2D eigenvalue weighted by Crippen LogP contribution is 2.19. The van der Waals surface area contributed by atoms with Crippen molar-refractivity contribution in [1.82, 2.24) is 14.7 Å². The molecule has 1 rings (SSSR count). The number of esters is 1. The Bertz CT molecular complexity index is 384. The van der Waals surface area contributed by atoms with Crippen LogP contribution in [0.4, 0.5) is 4.79 Å². The zero-order valence-corrected chi connectivity index (χ0v) is 12.6. The number of carbonyl (C=O) groups excluding carboxylic acids is 3. The number of rotatable bonds is 3. The molecule has 3 amide bonds. The van der Waals surface area contributed by atoms with E-state index in [0.717, 1.165) is 12.8 Å². The number of amides is 3. The van der Waals surface area contributed by atoms with E-state index in [1.54, 1.807) is 26.0 Å². The molecule has 1 saturated heterocycles. The number of urea groups is 1. The molecule has 1 aliphatic rings. The average molecular weight is 285 g/mol. The van der Waals surface area contributed by atoms with E-state index in [0.29, 0.717) is 13.1 Å². The summed E-state index contributed by atoms with van der Waals surface area (Å²) in [4.78, 5) is 39.9. The number of likely N-dealkylation sites (tertiary alicyclic amines) is 1. The van der Waals surface area contributed by atoms with Crippen LogP contribution in [0.15, 0.2) is 0 Å². The lowest BCUT2D eigenvalue weighted by molar-refractivity contribution is -0.148. The maximum absolute atomic E-state index is 12.3. The third-order valence-corrected chi connectivity index (χ3v) is 3.39. The van der Waals surface area contributed by atoms with Crippen LogP contribution in [-0.2, 0) is 14.3 Å². The SMILES string of the molecule is COC(=O)CN(C)C(=O)C1CCCN(C(=O)N(C)C)C1. The topological polar surface area (TPSA) is 70.2 Å². The molecule has 0 bridgehead atoms. The van der Waals surface area contributed by atoms with Gasteiger partial charge in [-0.3, -0.25) is 9.59 Å². The van der Waals surface area contributed by atoms with Gasteiger partial charge in [0.15, 0.2) is 0 Å². The second kappa shape index (κ2) is 7.12. The fraction of sp³-hybridized carbons (Fsp3) is 0.769. The lowest BCUT2D eigenvalue weighted by Crippen LogP contribution is -2.49. The molecule has 0 N–H and O–H groups in total. The Kier molecular flexibility index (Phi) is 5.79. The Hall–Kier alpha value is -1.79.